The third kappa shape index (κ3) is 3.63. The first-order chi connectivity index (χ1) is 9.91. The van der Waals surface area contributed by atoms with E-state index in [9.17, 15) is 8.42 Å². The molecule has 110 valence electrons. The molecular weight excluding hydrogens is 306 g/mol. The van der Waals surface area contributed by atoms with E-state index in [-0.39, 0.29) is 16.4 Å². The number of thiocarbonyl (C=S) groups is 1. The highest BCUT2D eigenvalue weighted by Gasteiger charge is 2.20. The van der Waals surface area contributed by atoms with Crippen LogP contribution in [0.5, 0.6) is 0 Å². The van der Waals surface area contributed by atoms with Crippen LogP contribution in [0.15, 0.2) is 53.7 Å². The van der Waals surface area contributed by atoms with Gasteiger partial charge in [0.1, 0.15) is 4.99 Å². The summed E-state index contributed by atoms with van der Waals surface area (Å²) >= 11 is 4.85. The van der Waals surface area contributed by atoms with E-state index in [1.165, 1.54) is 23.5 Å². The molecule has 0 aliphatic carbocycles. The summed E-state index contributed by atoms with van der Waals surface area (Å²) in [5.74, 6) is 0. The molecule has 0 spiro atoms. The maximum atomic E-state index is 12.5. The number of nitrogens with two attached hydrogens (primary N) is 1. The number of hydrogen-bond acceptors (Lipinski definition) is 4. The van der Waals surface area contributed by atoms with E-state index in [1.807, 2.05) is 6.07 Å². The Balaban J connectivity index is 2.22. The second-order valence-electron chi connectivity index (χ2n) is 4.51. The average Bonchev–Trinajstić information content (AvgIpc) is 2.48. The lowest BCUT2D eigenvalue weighted by Crippen LogP contribution is -2.26. The summed E-state index contributed by atoms with van der Waals surface area (Å²) in [6, 6.07) is 9.81. The van der Waals surface area contributed by atoms with Crippen LogP contribution in [-0.2, 0) is 16.6 Å². The Hall–Kier alpha value is -1.83. The van der Waals surface area contributed by atoms with E-state index in [0.29, 0.717) is 5.56 Å². The van der Waals surface area contributed by atoms with Gasteiger partial charge in [0.25, 0.3) is 0 Å². The Morgan fingerprint density at radius 1 is 1.29 bits per heavy atom. The molecule has 0 saturated carbocycles. The fourth-order valence-electron chi connectivity index (χ4n) is 1.80. The zero-order chi connectivity index (χ0) is 15.5. The van der Waals surface area contributed by atoms with Crippen LogP contribution in [0.1, 0.15) is 11.1 Å². The van der Waals surface area contributed by atoms with Gasteiger partial charge in [-0.05, 0) is 23.8 Å². The summed E-state index contributed by atoms with van der Waals surface area (Å²) in [6.07, 6.45) is 3.29. The molecule has 2 aromatic rings. The smallest absolute Gasteiger partial charge is 0.243 e. The Morgan fingerprint density at radius 2 is 1.95 bits per heavy atom. The highest BCUT2D eigenvalue weighted by molar-refractivity contribution is 7.89. The van der Waals surface area contributed by atoms with Gasteiger partial charge in [0.05, 0.1) is 4.90 Å². The van der Waals surface area contributed by atoms with Gasteiger partial charge in [-0.1, -0.05) is 30.4 Å². The van der Waals surface area contributed by atoms with E-state index in [1.54, 1.807) is 30.6 Å². The summed E-state index contributed by atoms with van der Waals surface area (Å²) in [7, 11) is -2.03. The molecule has 7 heteroatoms. The van der Waals surface area contributed by atoms with Gasteiger partial charge in [0.2, 0.25) is 10.0 Å². The molecule has 0 amide bonds. The van der Waals surface area contributed by atoms with Crippen molar-refractivity contribution in [1.29, 1.82) is 0 Å². The van der Waals surface area contributed by atoms with Crippen LogP contribution in [0, 0.1) is 0 Å². The van der Waals surface area contributed by atoms with E-state index < -0.39 is 10.0 Å². The molecular formula is C14H15N3O2S2. The summed E-state index contributed by atoms with van der Waals surface area (Å²) in [5.41, 5.74) is 6.96. The van der Waals surface area contributed by atoms with Crippen LogP contribution in [0.25, 0.3) is 0 Å². The number of hydrogen-bond donors (Lipinski definition) is 1. The molecule has 0 bridgehead atoms. The number of aromatic nitrogens is 1. The Labute approximate surface area is 129 Å². The van der Waals surface area contributed by atoms with Crippen molar-refractivity contribution in [1.82, 2.24) is 9.29 Å². The highest BCUT2D eigenvalue weighted by atomic mass is 32.2. The molecule has 0 unspecified atom stereocenters. The summed E-state index contributed by atoms with van der Waals surface area (Å²) < 4.78 is 26.2. The van der Waals surface area contributed by atoms with Crippen LogP contribution in [-0.4, -0.2) is 29.7 Å². The lowest BCUT2D eigenvalue weighted by Gasteiger charge is -2.17. The van der Waals surface area contributed by atoms with E-state index in [4.69, 9.17) is 18.0 Å². The molecule has 0 saturated heterocycles. The normalized spacial score (nSPS) is 11.5. The van der Waals surface area contributed by atoms with Crippen molar-refractivity contribution in [2.24, 2.45) is 5.73 Å². The Kier molecular flexibility index (Phi) is 4.66. The minimum Gasteiger partial charge on any atom is -0.389 e. The van der Waals surface area contributed by atoms with Gasteiger partial charge >= 0.3 is 0 Å². The van der Waals surface area contributed by atoms with E-state index in [2.05, 4.69) is 4.98 Å². The van der Waals surface area contributed by atoms with Crippen LogP contribution in [0.2, 0.25) is 0 Å². The topological polar surface area (TPSA) is 76.3 Å². The van der Waals surface area contributed by atoms with Crippen LogP contribution in [0.3, 0.4) is 0 Å². The van der Waals surface area contributed by atoms with Crippen LogP contribution < -0.4 is 5.73 Å². The van der Waals surface area contributed by atoms with Crippen molar-refractivity contribution in [2.45, 2.75) is 11.4 Å². The van der Waals surface area contributed by atoms with Gasteiger partial charge in [-0.25, -0.2) is 8.42 Å². The summed E-state index contributed by atoms with van der Waals surface area (Å²) in [6.45, 7) is 0.257. The number of benzene rings is 1. The fourth-order valence-corrected chi connectivity index (χ4v) is 3.10. The van der Waals surface area contributed by atoms with Crippen molar-refractivity contribution >= 4 is 27.2 Å². The van der Waals surface area contributed by atoms with Gasteiger partial charge in [0.15, 0.2) is 0 Å². The van der Waals surface area contributed by atoms with Crippen molar-refractivity contribution < 1.29 is 8.42 Å². The SMILES string of the molecule is CN(Cc1cccnc1)S(=O)(=O)c1ccc(C(N)=S)cc1. The Bertz CT molecular complexity index is 729. The molecule has 0 aliphatic rings. The van der Waals surface area contributed by atoms with Gasteiger partial charge in [-0.3, -0.25) is 4.98 Å². The maximum absolute atomic E-state index is 12.5. The van der Waals surface area contributed by atoms with Gasteiger partial charge in [-0.15, -0.1) is 0 Å². The molecule has 1 aromatic carbocycles. The quantitative estimate of drug-likeness (QED) is 0.845. The molecule has 0 fully saturated rings. The van der Waals surface area contributed by atoms with Crippen molar-refractivity contribution in [3.63, 3.8) is 0 Å². The molecule has 2 N–H and O–H groups in total. The van der Waals surface area contributed by atoms with Crippen molar-refractivity contribution in [3.8, 4) is 0 Å². The first-order valence-corrected chi connectivity index (χ1v) is 8.01. The summed E-state index contributed by atoms with van der Waals surface area (Å²) in [4.78, 5) is 4.42. The van der Waals surface area contributed by atoms with E-state index >= 15 is 0 Å². The second kappa shape index (κ2) is 6.30. The van der Waals surface area contributed by atoms with Crippen LogP contribution in [0.4, 0.5) is 0 Å². The first-order valence-electron chi connectivity index (χ1n) is 6.16. The lowest BCUT2D eigenvalue weighted by molar-refractivity contribution is 0.466. The van der Waals surface area contributed by atoms with Crippen molar-refractivity contribution in [3.05, 3.63) is 59.9 Å². The molecule has 1 aromatic heterocycles. The third-order valence-electron chi connectivity index (χ3n) is 2.98. The molecule has 0 radical (unpaired) electrons. The monoisotopic (exact) mass is 321 g/mol. The Morgan fingerprint density at radius 3 is 2.48 bits per heavy atom. The van der Waals surface area contributed by atoms with Gasteiger partial charge in [-0.2, -0.15) is 4.31 Å². The minimum atomic E-state index is -3.56. The summed E-state index contributed by atoms with van der Waals surface area (Å²) in [5, 5.41) is 0. The zero-order valence-corrected chi connectivity index (χ0v) is 13.1. The first kappa shape index (κ1) is 15.6. The molecule has 1 heterocycles. The van der Waals surface area contributed by atoms with E-state index in [0.717, 1.165) is 5.56 Å². The molecule has 0 aliphatic heterocycles. The number of nitrogens with zero attached hydrogens (tertiary/aromatic N) is 2. The molecule has 0 atom stereocenters. The highest BCUT2D eigenvalue weighted by Crippen LogP contribution is 2.17. The molecule has 5 nitrogen and oxygen atoms in total. The average molecular weight is 321 g/mol. The third-order valence-corrected chi connectivity index (χ3v) is 5.03. The van der Waals surface area contributed by atoms with Crippen LogP contribution >= 0.6 is 12.2 Å². The zero-order valence-electron chi connectivity index (χ0n) is 11.4. The lowest BCUT2D eigenvalue weighted by atomic mass is 10.2. The number of pyridine rings is 1. The number of sulfonamides is 1. The largest absolute Gasteiger partial charge is 0.389 e. The van der Waals surface area contributed by atoms with Gasteiger partial charge in [0, 0.05) is 31.5 Å². The predicted octanol–water partition coefficient (Wildman–Crippen LogP) is 1.54. The minimum absolute atomic E-state index is 0.203. The number of rotatable bonds is 5. The predicted molar refractivity (Wildman–Crippen MR) is 85.2 cm³/mol. The molecule has 21 heavy (non-hydrogen) atoms. The van der Waals surface area contributed by atoms with Crippen molar-refractivity contribution in [2.75, 3.05) is 7.05 Å². The molecule has 2 rings (SSSR count). The second-order valence-corrected chi connectivity index (χ2v) is 7.00. The fraction of sp³-hybridized carbons (Fsp3) is 0.143. The standard InChI is InChI=1S/C14H15N3O2S2/c1-17(10-11-3-2-8-16-9-11)21(18,19)13-6-4-12(5-7-13)14(15)20/h2-9H,10H2,1H3,(H2,15,20). The maximum Gasteiger partial charge on any atom is 0.243 e. The van der Waals surface area contributed by atoms with Gasteiger partial charge < -0.3 is 5.73 Å².